The van der Waals surface area contributed by atoms with Gasteiger partial charge in [0.15, 0.2) is 0 Å². The monoisotopic (exact) mass is 345 g/mol. The fraction of sp³-hybridized carbons (Fsp3) is 1.00. The molecular weight excluding hydrogens is 306 g/mol. The van der Waals surface area contributed by atoms with Gasteiger partial charge in [0.25, 0.3) is 0 Å². The van der Waals surface area contributed by atoms with Crippen molar-refractivity contribution < 1.29 is 0 Å². The maximum atomic E-state index is 2.87. The van der Waals surface area contributed by atoms with Crippen LogP contribution in [0.1, 0.15) is 64.7 Å². The van der Waals surface area contributed by atoms with Gasteiger partial charge in [0.1, 0.15) is 0 Å². The lowest BCUT2D eigenvalue weighted by Gasteiger charge is -2.60. The van der Waals surface area contributed by atoms with Crippen LogP contribution in [0, 0.1) is 16.2 Å². The van der Waals surface area contributed by atoms with Crippen molar-refractivity contribution in [3.05, 3.63) is 0 Å². The third kappa shape index (κ3) is 3.08. The fourth-order valence-electron chi connectivity index (χ4n) is 6.67. The van der Waals surface area contributed by atoms with Gasteiger partial charge in [-0.2, -0.15) is 0 Å². The topological polar surface area (TPSA) is 9.72 Å². The molecule has 2 aliphatic carbocycles. The molecule has 5 rings (SSSR count). The average Bonchev–Trinajstić information content (AvgIpc) is 3.34. The van der Waals surface area contributed by atoms with Crippen LogP contribution in [0.25, 0.3) is 0 Å². The first-order chi connectivity index (χ1) is 12.0. The lowest BCUT2D eigenvalue weighted by Crippen LogP contribution is -2.65. The van der Waals surface area contributed by atoms with E-state index < -0.39 is 0 Å². The van der Waals surface area contributed by atoms with Crippen molar-refractivity contribution in [2.45, 2.75) is 70.8 Å². The van der Waals surface area contributed by atoms with E-state index in [1.54, 1.807) is 0 Å². The summed E-state index contributed by atoms with van der Waals surface area (Å²) < 4.78 is 0. The minimum absolute atomic E-state index is 0.716. The fourth-order valence-corrected chi connectivity index (χ4v) is 6.67. The highest BCUT2D eigenvalue weighted by Gasteiger charge is 2.52. The smallest absolute Gasteiger partial charge is 0.00961 e. The molecule has 2 spiro atoms. The molecule has 0 unspecified atom stereocenters. The molecule has 3 saturated heterocycles. The van der Waals surface area contributed by atoms with Gasteiger partial charge in [0.2, 0.25) is 0 Å². The van der Waals surface area contributed by atoms with Crippen molar-refractivity contribution in [3.63, 3.8) is 0 Å². The van der Waals surface area contributed by atoms with Crippen LogP contribution >= 0.6 is 0 Å². The van der Waals surface area contributed by atoms with Crippen LogP contribution in [0.5, 0.6) is 0 Å². The molecule has 5 aliphatic rings. The molecule has 0 bridgehead atoms. The summed E-state index contributed by atoms with van der Waals surface area (Å²) in [6.07, 6.45) is 13.3. The summed E-state index contributed by atoms with van der Waals surface area (Å²) >= 11 is 0. The van der Waals surface area contributed by atoms with Gasteiger partial charge in [-0.15, -0.1) is 0 Å². The number of nitrogens with zero attached hydrogens (tertiary/aromatic N) is 3. The van der Waals surface area contributed by atoms with Crippen molar-refractivity contribution in [2.75, 3.05) is 52.9 Å². The molecule has 3 heteroatoms. The van der Waals surface area contributed by atoms with Crippen molar-refractivity contribution in [1.29, 1.82) is 0 Å². The second-order valence-electron chi connectivity index (χ2n) is 10.9. The minimum Gasteiger partial charge on any atom is -0.306 e. The highest BCUT2D eigenvalue weighted by molar-refractivity contribution is 5.06. The number of piperidine rings is 1. The Morgan fingerprint density at radius 2 is 1.40 bits per heavy atom. The molecule has 0 aromatic carbocycles. The molecule has 3 heterocycles. The van der Waals surface area contributed by atoms with Crippen molar-refractivity contribution >= 4 is 0 Å². The molecule has 0 N–H and O–H groups in total. The molecule has 0 atom stereocenters. The van der Waals surface area contributed by atoms with Crippen LogP contribution in [0.4, 0.5) is 0 Å². The zero-order chi connectivity index (χ0) is 17.1. The Hall–Kier alpha value is -0.120. The molecule has 0 aromatic rings. The third-order valence-electron chi connectivity index (χ3n) is 9.04. The zero-order valence-corrected chi connectivity index (χ0v) is 16.7. The van der Waals surface area contributed by atoms with Gasteiger partial charge in [-0.1, -0.05) is 6.92 Å². The summed E-state index contributed by atoms with van der Waals surface area (Å²) in [5.41, 5.74) is 2.20. The van der Waals surface area contributed by atoms with Crippen LogP contribution in [0.2, 0.25) is 0 Å². The molecule has 3 aliphatic heterocycles. The average molecular weight is 346 g/mol. The molecule has 0 aromatic heterocycles. The van der Waals surface area contributed by atoms with E-state index in [9.17, 15) is 0 Å². The number of likely N-dealkylation sites (tertiary alicyclic amines) is 3. The minimum atomic E-state index is 0.716. The first kappa shape index (κ1) is 17.0. The molecule has 5 fully saturated rings. The van der Waals surface area contributed by atoms with E-state index in [0.29, 0.717) is 5.41 Å². The first-order valence-corrected chi connectivity index (χ1v) is 11.2. The summed E-state index contributed by atoms with van der Waals surface area (Å²) in [5, 5.41) is 0. The van der Waals surface area contributed by atoms with Crippen molar-refractivity contribution in [2.24, 2.45) is 16.2 Å². The maximum absolute atomic E-state index is 2.87. The molecule has 3 nitrogen and oxygen atoms in total. The number of rotatable bonds is 4. The quantitative estimate of drug-likeness (QED) is 0.773. The Labute approximate surface area is 155 Å². The lowest BCUT2D eigenvalue weighted by molar-refractivity contribution is -0.101. The van der Waals surface area contributed by atoms with Crippen LogP contribution < -0.4 is 0 Å². The molecule has 0 amide bonds. The van der Waals surface area contributed by atoms with E-state index in [4.69, 9.17) is 0 Å². The molecular formula is C22H39N3. The summed E-state index contributed by atoms with van der Waals surface area (Å²) in [7, 11) is 2.29. The Balaban J connectivity index is 1.06. The SMILES string of the molecule is CCC1(CN2CC3(CCC(N4CC5(CCN(C)CC5)C4)CC3)C2)CC1. The summed E-state index contributed by atoms with van der Waals surface area (Å²) in [4.78, 5) is 8.18. The van der Waals surface area contributed by atoms with E-state index in [1.807, 2.05) is 0 Å². The summed E-state index contributed by atoms with van der Waals surface area (Å²) in [6, 6.07) is 0.926. The Kier molecular flexibility index (Phi) is 4.04. The summed E-state index contributed by atoms with van der Waals surface area (Å²) in [5.74, 6) is 0. The van der Waals surface area contributed by atoms with E-state index in [2.05, 4.69) is 28.7 Å². The van der Waals surface area contributed by atoms with Gasteiger partial charge in [0.05, 0.1) is 0 Å². The van der Waals surface area contributed by atoms with E-state index >= 15 is 0 Å². The lowest BCUT2D eigenvalue weighted by atomic mass is 9.65. The Bertz CT molecular complexity index is 479. The second-order valence-corrected chi connectivity index (χ2v) is 10.9. The van der Waals surface area contributed by atoms with Gasteiger partial charge < -0.3 is 9.80 Å². The molecule has 142 valence electrons. The van der Waals surface area contributed by atoms with E-state index in [1.165, 1.54) is 104 Å². The number of hydrogen-bond donors (Lipinski definition) is 0. The number of hydrogen-bond acceptors (Lipinski definition) is 3. The van der Waals surface area contributed by atoms with Crippen LogP contribution in [-0.4, -0.2) is 73.6 Å². The van der Waals surface area contributed by atoms with Gasteiger partial charge >= 0.3 is 0 Å². The van der Waals surface area contributed by atoms with E-state index in [0.717, 1.165) is 16.9 Å². The maximum Gasteiger partial charge on any atom is 0.00961 e. The first-order valence-electron chi connectivity index (χ1n) is 11.2. The normalized spacial score (nSPS) is 34.8. The Morgan fingerprint density at radius 3 is 1.96 bits per heavy atom. The van der Waals surface area contributed by atoms with Crippen molar-refractivity contribution in [1.82, 2.24) is 14.7 Å². The van der Waals surface area contributed by atoms with Gasteiger partial charge in [-0.25, -0.2) is 0 Å². The predicted molar refractivity (Wildman–Crippen MR) is 104 cm³/mol. The Morgan fingerprint density at radius 1 is 0.800 bits per heavy atom. The highest BCUT2D eigenvalue weighted by atomic mass is 15.3. The molecule has 25 heavy (non-hydrogen) atoms. The van der Waals surface area contributed by atoms with Crippen molar-refractivity contribution in [3.8, 4) is 0 Å². The highest BCUT2D eigenvalue weighted by Crippen LogP contribution is 2.53. The zero-order valence-electron chi connectivity index (χ0n) is 16.7. The van der Waals surface area contributed by atoms with Crippen LogP contribution in [0.15, 0.2) is 0 Å². The largest absolute Gasteiger partial charge is 0.306 e. The van der Waals surface area contributed by atoms with E-state index in [-0.39, 0.29) is 0 Å². The van der Waals surface area contributed by atoms with Crippen LogP contribution in [-0.2, 0) is 0 Å². The van der Waals surface area contributed by atoms with Gasteiger partial charge in [-0.3, -0.25) is 4.90 Å². The molecule has 2 saturated carbocycles. The third-order valence-corrected chi connectivity index (χ3v) is 9.04. The predicted octanol–water partition coefficient (Wildman–Crippen LogP) is 3.45. The second kappa shape index (κ2) is 5.94. The summed E-state index contributed by atoms with van der Waals surface area (Å²) in [6.45, 7) is 12.2. The van der Waals surface area contributed by atoms with Gasteiger partial charge in [-0.05, 0) is 94.2 Å². The standard InChI is InChI=1S/C22H39N3/c1-3-20(8-9-20)14-24-15-21(16-24)6-4-19(5-7-21)25-17-22(18-25)10-12-23(2)13-11-22/h19H,3-18H2,1-2H3. The molecule has 0 radical (unpaired) electrons. The van der Waals surface area contributed by atoms with Crippen LogP contribution in [0.3, 0.4) is 0 Å². The van der Waals surface area contributed by atoms with Gasteiger partial charge in [0, 0.05) is 38.8 Å².